The van der Waals surface area contributed by atoms with E-state index in [1.807, 2.05) is 11.0 Å². The lowest BCUT2D eigenvalue weighted by atomic mass is 9.72. The Morgan fingerprint density at radius 2 is 1.81 bits per heavy atom. The Morgan fingerprint density at radius 1 is 1.12 bits per heavy atom. The molecule has 0 spiro atoms. The highest BCUT2D eigenvalue weighted by molar-refractivity contribution is 7.17. The molecule has 1 N–H and O–H groups in total. The molecule has 4 nitrogen and oxygen atoms in total. The molecule has 1 aromatic heterocycles. The van der Waals surface area contributed by atoms with E-state index in [9.17, 15) is 9.59 Å². The van der Waals surface area contributed by atoms with Crippen molar-refractivity contribution in [1.29, 1.82) is 0 Å². The summed E-state index contributed by atoms with van der Waals surface area (Å²) in [7, 11) is 0. The first-order valence-electron chi connectivity index (χ1n) is 11.6. The van der Waals surface area contributed by atoms with Crippen molar-refractivity contribution in [3.8, 4) is 0 Å². The third-order valence-electron chi connectivity index (χ3n) is 7.12. The van der Waals surface area contributed by atoms with Crippen LogP contribution in [0.2, 0.25) is 5.02 Å². The minimum Gasteiger partial charge on any atom is -0.339 e. The topological polar surface area (TPSA) is 49.4 Å². The third-order valence-corrected chi connectivity index (χ3v) is 8.62. The van der Waals surface area contributed by atoms with Crippen LogP contribution in [0.4, 0.5) is 5.00 Å². The number of thiophene rings is 1. The molecule has 2 aromatic rings. The molecule has 6 heteroatoms. The second kappa shape index (κ2) is 9.18. The van der Waals surface area contributed by atoms with Crippen molar-refractivity contribution in [2.75, 3.05) is 18.4 Å². The summed E-state index contributed by atoms with van der Waals surface area (Å²) < 4.78 is 0. The third kappa shape index (κ3) is 4.74. The molecule has 32 heavy (non-hydrogen) atoms. The van der Waals surface area contributed by atoms with Gasteiger partial charge >= 0.3 is 0 Å². The summed E-state index contributed by atoms with van der Waals surface area (Å²) in [4.78, 5) is 30.0. The van der Waals surface area contributed by atoms with Gasteiger partial charge in [0.15, 0.2) is 0 Å². The Balaban J connectivity index is 1.68. The van der Waals surface area contributed by atoms with Gasteiger partial charge in [0.2, 0.25) is 0 Å². The van der Waals surface area contributed by atoms with Gasteiger partial charge in [-0.1, -0.05) is 51.4 Å². The van der Waals surface area contributed by atoms with Gasteiger partial charge in [0, 0.05) is 18.0 Å². The zero-order valence-corrected chi connectivity index (χ0v) is 21.0. The average molecular weight is 473 g/mol. The minimum absolute atomic E-state index is 0.0677. The SMILES string of the molecule is CC1CCN(C(=O)c2c(NC(=O)c3ccccc3Cl)sc3c2CC[C@H](C(C)(C)C)C3)CC1. The second-order valence-corrected chi connectivity index (χ2v) is 11.9. The van der Waals surface area contributed by atoms with Gasteiger partial charge in [-0.05, 0) is 67.1 Å². The smallest absolute Gasteiger partial charge is 0.257 e. The van der Waals surface area contributed by atoms with Crippen LogP contribution in [0.5, 0.6) is 0 Å². The van der Waals surface area contributed by atoms with Gasteiger partial charge in [-0.15, -0.1) is 11.3 Å². The number of rotatable bonds is 3. The van der Waals surface area contributed by atoms with Crippen LogP contribution in [-0.2, 0) is 12.8 Å². The van der Waals surface area contributed by atoms with E-state index >= 15 is 0 Å². The largest absolute Gasteiger partial charge is 0.339 e. The summed E-state index contributed by atoms with van der Waals surface area (Å²) in [5, 5.41) is 4.15. The quantitative estimate of drug-likeness (QED) is 0.541. The molecular formula is C26H33ClN2O2S. The fourth-order valence-corrected chi connectivity index (χ4v) is 6.36. The molecule has 2 amide bonds. The van der Waals surface area contributed by atoms with Gasteiger partial charge in [-0.3, -0.25) is 9.59 Å². The van der Waals surface area contributed by atoms with Crippen LogP contribution in [-0.4, -0.2) is 29.8 Å². The molecule has 0 radical (unpaired) electrons. The Morgan fingerprint density at radius 3 is 2.47 bits per heavy atom. The molecule has 172 valence electrons. The predicted molar refractivity (Wildman–Crippen MR) is 133 cm³/mol. The van der Waals surface area contributed by atoms with Crippen molar-refractivity contribution in [3.63, 3.8) is 0 Å². The number of amides is 2. The number of hydrogen-bond donors (Lipinski definition) is 1. The van der Waals surface area contributed by atoms with Crippen molar-refractivity contribution in [2.45, 2.75) is 59.8 Å². The van der Waals surface area contributed by atoms with Crippen molar-refractivity contribution in [2.24, 2.45) is 17.3 Å². The minimum atomic E-state index is -0.261. The lowest BCUT2D eigenvalue weighted by Gasteiger charge is -2.34. The summed E-state index contributed by atoms with van der Waals surface area (Å²) in [6, 6.07) is 7.04. The summed E-state index contributed by atoms with van der Waals surface area (Å²) in [6.45, 7) is 10.7. The number of likely N-dealkylation sites (tertiary alicyclic amines) is 1. The molecule has 2 aliphatic rings. The highest BCUT2D eigenvalue weighted by Crippen LogP contribution is 2.45. The van der Waals surface area contributed by atoms with E-state index in [4.69, 9.17) is 11.6 Å². The highest BCUT2D eigenvalue weighted by atomic mass is 35.5. The zero-order chi connectivity index (χ0) is 23.0. The number of fused-ring (bicyclic) bond motifs is 1. The Bertz CT molecular complexity index is 1020. The van der Waals surface area contributed by atoms with E-state index in [1.54, 1.807) is 29.5 Å². The Kier molecular flexibility index (Phi) is 6.69. The number of nitrogens with one attached hydrogen (secondary N) is 1. The van der Waals surface area contributed by atoms with Crippen molar-refractivity contribution < 1.29 is 9.59 Å². The van der Waals surface area contributed by atoms with Gasteiger partial charge < -0.3 is 10.2 Å². The first-order chi connectivity index (χ1) is 15.1. The standard InChI is InChI=1S/C26H33ClN2O2S/c1-16-11-13-29(14-12-16)25(31)22-19-10-9-17(26(2,3)4)15-21(19)32-24(22)28-23(30)18-7-5-6-8-20(18)27/h5-8,16-17H,9-15H2,1-4H3,(H,28,30)/t17-/m0/s1. The maximum absolute atomic E-state index is 13.7. The molecule has 1 atom stereocenters. The second-order valence-electron chi connectivity index (χ2n) is 10.4. The number of hydrogen-bond acceptors (Lipinski definition) is 3. The molecule has 0 saturated carbocycles. The summed E-state index contributed by atoms with van der Waals surface area (Å²) in [5.74, 6) is 1.03. The van der Waals surface area contributed by atoms with Crippen LogP contribution >= 0.6 is 22.9 Å². The lowest BCUT2D eigenvalue weighted by Crippen LogP contribution is -2.38. The van der Waals surface area contributed by atoms with Crippen molar-refractivity contribution >= 4 is 39.8 Å². The molecule has 0 bridgehead atoms. The van der Waals surface area contributed by atoms with Crippen LogP contribution < -0.4 is 5.32 Å². The van der Waals surface area contributed by atoms with Gasteiger partial charge in [-0.2, -0.15) is 0 Å². The number of carbonyl (C=O) groups excluding carboxylic acids is 2. The maximum Gasteiger partial charge on any atom is 0.257 e. The number of nitrogens with zero attached hydrogens (tertiary/aromatic N) is 1. The Labute approximate surface area is 200 Å². The first kappa shape index (κ1) is 23.3. The summed E-state index contributed by atoms with van der Waals surface area (Å²) >= 11 is 7.84. The number of halogens is 1. The number of carbonyl (C=O) groups is 2. The van der Waals surface area contributed by atoms with Crippen LogP contribution in [0.15, 0.2) is 24.3 Å². The monoisotopic (exact) mass is 472 g/mol. The number of benzene rings is 1. The van der Waals surface area contributed by atoms with Crippen molar-refractivity contribution in [3.05, 3.63) is 50.9 Å². The van der Waals surface area contributed by atoms with Crippen LogP contribution in [0.3, 0.4) is 0 Å². The Hall–Kier alpha value is -1.85. The van der Waals surface area contributed by atoms with E-state index in [-0.39, 0.29) is 17.2 Å². The van der Waals surface area contributed by atoms with Gasteiger partial charge in [0.1, 0.15) is 5.00 Å². The summed E-state index contributed by atoms with van der Waals surface area (Å²) in [6.07, 6.45) is 4.99. The van der Waals surface area contributed by atoms with Gasteiger partial charge in [0.25, 0.3) is 11.8 Å². The maximum atomic E-state index is 13.7. The molecule has 1 aliphatic heterocycles. The fourth-order valence-electron chi connectivity index (χ4n) is 4.83. The average Bonchev–Trinajstić information content (AvgIpc) is 3.10. The van der Waals surface area contributed by atoms with E-state index in [0.717, 1.165) is 50.8 Å². The molecule has 4 rings (SSSR count). The fraction of sp³-hybridized carbons (Fsp3) is 0.538. The van der Waals surface area contributed by atoms with Gasteiger partial charge in [0.05, 0.1) is 16.1 Å². The highest BCUT2D eigenvalue weighted by Gasteiger charge is 2.35. The van der Waals surface area contributed by atoms with Crippen LogP contribution in [0.1, 0.15) is 78.1 Å². The van der Waals surface area contributed by atoms with Crippen LogP contribution in [0.25, 0.3) is 0 Å². The molecule has 1 saturated heterocycles. The lowest BCUT2D eigenvalue weighted by molar-refractivity contribution is 0.0697. The van der Waals surface area contributed by atoms with Crippen LogP contribution in [0, 0.1) is 17.3 Å². The predicted octanol–water partition coefficient (Wildman–Crippen LogP) is 6.68. The van der Waals surface area contributed by atoms with E-state index < -0.39 is 0 Å². The van der Waals surface area contributed by atoms with Gasteiger partial charge in [-0.25, -0.2) is 0 Å². The first-order valence-corrected chi connectivity index (χ1v) is 12.8. The number of piperidine rings is 1. The number of anilines is 1. The molecule has 1 aliphatic carbocycles. The van der Waals surface area contributed by atoms with E-state index in [2.05, 4.69) is 33.0 Å². The van der Waals surface area contributed by atoms with E-state index in [1.165, 1.54) is 4.88 Å². The normalized spacial score (nSPS) is 19.5. The summed E-state index contributed by atoms with van der Waals surface area (Å²) in [5.41, 5.74) is 2.51. The zero-order valence-electron chi connectivity index (χ0n) is 19.5. The molecular weight excluding hydrogens is 440 g/mol. The molecule has 2 heterocycles. The molecule has 1 fully saturated rings. The molecule has 0 unspecified atom stereocenters. The molecule has 1 aromatic carbocycles. The van der Waals surface area contributed by atoms with Crippen molar-refractivity contribution in [1.82, 2.24) is 4.90 Å². The van der Waals surface area contributed by atoms with E-state index in [0.29, 0.717) is 33.0 Å².